The van der Waals surface area contributed by atoms with Crippen molar-refractivity contribution < 1.29 is 9.53 Å². The van der Waals surface area contributed by atoms with Gasteiger partial charge >= 0.3 is 0 Å². The number of hydrogen-bond donors (Lipinski definition) is 1. The standard InChI is InChI=1S/C27H33N3O2/c1-3-10-24(31)22-19-28-27-21(26(22)29-23-13-5-4-11-20(23)2)12-8-14-25(27)32-18-9-17-30-15-6-7-16-30/h4-5,8,11-14,19H,3,6-7,9-10,15-18H2,1-2H3,(H,28,29). The lowest BCUT2D eigenvalue weighted by Crippen LogP contribution is -2.21. The minimum Gasteiger partial charge on any atom is -0.491 e. The molecule has 0 atom stereocenters. The Morgan fingerprint density at radius 2 is 1.94 bits per heavy atom. The van der Waals surface area contributed by atoms with Gasteiger partial charge in [0.05, 0.1) is 17.9 Å². The average molecular weight is 432 g/mol. The lowest BCUT2D eigenvalue weighted by Gasteiger charge is -2.18. The number of nitrogens with one attached hydrogen (secondary N) is 1. The Bertz CT molecular complexity index is 1070. The number of pyridine rings is 1. The summed E-state index contributed by atoms with van der Waals surface area (Å²) in [4.78, 5) is 20.1. The van der Waals surface area contributed by atoms with Crippen LogP contribution in [0, 0.1) is 6.92 Å². The number of likely N-dealkylation sites (tertiary alicyclic amines) is 1. The third-order valence-electron chi connectivity index (χ3n) is 6.12. The summed E-state index contributed by atoms with van der Waals surface area (Å²) >= 11 is 0. The van der Waals surface area contributed by atoms with Gasteiger partial charge < -0.3 is 15.0 Å². The van der Waals surface area contributed by atoms with E-state index in [4.69, 9.17) is 4.74 Å². The lowest BCUT2D eigenvalue weighted by molar-refractivity contribution is 0.0982. The number of carbonyl (C=O) groups excluding carboxylic acids is 1. The summed E-state index contributed by atoms with van der Waals surface area (Å²) < 4.78 is 6.15. The number of ether oxygens (including phenoxy) is 1. The maximum atomic E-state index is 12.9. The summed E-state index contributed by atoms with van der Waals surface area (Å²) in [6, 6.07) is 14.1. The summed E-state index contributed by atoms with van der Waals surface area (Å²) in [5.41, 5.74) is 4.35. The fourth-order valence-electron chi connectivity index (χ4n) is 4.34. The van der Waals surface area contributed by atoms with Crippen LogP contribution in [-0.4, -0.2) is 41.9 Å². The molecule has 1 saturated heterocycles. The van der Waals surface area contributed by atoms with Crippen LogP contribution in [0.15, 0.2) is 48.7 Å². The molecule has 5 heteroatoms. The molecule has 168 valence electrons. The molecule has 3 aromatic rings. The van der Waals surface area contributed by atoms with Crippen molar-refractivity contribution in [2.45, 2.75) is 46.0 Å². The Labute approximate surface area is 190 Å². The van der Waals surface area contributed by atoms with E-state index in [-0.39, 0.29) is 5.78 Å². The van der Waals surface area contributed by atoms with Gasteiger partial charge in [-0.3, -0.25) is 9.78 Å². The van der Waals surface area contributed by atoms with Crippen molar-refractivity contribution in [3.05, 3.63) is 59.8 Å². The number of anilines is 2. The van der Waals surface area contributed by atoms with E-state index in [0.29, 0.717) is 18.6 Å². The number of ketones is 1. The Morgan fingerprint density at radius 1 is 1.12 bits per heavy atom. The maximum absolute atomic E-state index is 12.9. The van der Waals surface area contributed by atoms with Crippen molar-refractivity contribution in [2.24, 2.45) is 0 Å². The van der Waals surface area contributed by atoms with Gasteiger partial charge in [-0.25, -0.2) is 0 Å². The van der Waals surface area contributed by atoms with Crippen molar-refractivity contribution in [3.8, 4) is 5.75 Å². The number of aromatic nitrogens is 1. The second-order valence-electron chi connectivity index (χ2n) is 8.56. The van der Waals surface area contributed by atoms with Crippen molar-refractivity contribution in [2.75, 3.05) is 31.6 Å². The number of fused-ring (bicyclic) bond motifs is 1. The first kappa shape index (κ1) is 22.3. The van der Waals surface area contributed by atoms with E-state index in [1.54, 1.807) is 6.20 Å². The molecule has 0 saturated carbocycles. The van der Waals surface area contributed by atoms with Crippen LogP contribution < -0.4 is 10.1 Å². The van der Waals surface area contributed by atoms with E-state index in [2.05, 4.69) is 28.2 Å². The molecule has 1 fully saturated rings. The highest BCUT2D eigenvalue weighted by Crippen LogP contribution is 2.35. The van der Waals surface area contributed by atoms with Gasteiger partial charge in [0.2, 0.25) is 0 Å². The highest BCUT2D eigenvalue weighted by molar-refractivity contribution is 6.09. The topological polar surface area (TPSA) is 54.5 Å². The average Bonchev–Trinajstić information content (AvgIpc) is 3.32. The lowest BCUT2D eigenvalue weighted by atomic mass is 10.0. The van der Waals surface area contributed by atoms with E-state index in [1.807, 2.05) is 43.3 Å². The maximum Gasteiger partial charge on any atom is 0.166 e. The van der Waals surface area contributed by atoms with Gasteiger partial charge in [-0.1, -0.05) is 37.3 Å². The first-order valence-electron chi connectivity index (χ1n) is 11.8. The van der Waals surface area contributed by atoms with Crippen molar-refractivity contribution >= 4 is 28.1 Å². The first-order chi connectivity index (χ1) is 15.7. The quantitative estimate of drug-likeness (QED) is 0.309. The van der Waals surface area contributed by atoms with Crippen molar-refractivity contribution in [1.29, 1.82) is 0 Å². The van der Waals surface area contributed by atoms with Crippen LogP contribution in [0.5, 0.6) is 5.75 Å². The van der Waals surface area contributed by atoms with Gasteiger partial charge in [-0.05, 0) is 63.4 Å². The fourth-order valence-corrected chi connectivity index (χ4v) is 4.34. The molecule has 32 heavy (non-hydrogen) atoms. The van der Waals surface area contributed by atoms with E-state index >= 15 is 0 Å². The summed E-state index contributed by atoms with van der Waals surface area (Å²) in [6.07, 6.45) is 6.63. The number of carbonyl (C=O) groups is 1. The van der Waals surface area contributed by atoms with Crippen LogP contribution in [0.2, 0.25) is 0 Å². The normalized spacial score (nSPS) is 14.1. The molecule has 2 heterocycles. The fraction of sp³-hybridized carbons (Fsp3) is 0.407. The molecule has 1 aliphatic rings. The van der Waals surface area contributed by atoms with E-state index in [1.165, 1.54) is 25.9 Å². The molecule has 0 radical (unpaired) electrons. The third-order valence-corrected chi connectivity index (χ3v) is 6.12. The minimum atomic E-state index is 0.106. The minimum absolute atomic E-state index is 0.106. The number of hydrogen-bond acceptors (Lipinski definition) is 5. The molecular formula is C27H33N3O2. The third kappa shape index (κ3) is 5.10. The zero-order valence-electron chi connectivity index (χ0n) is 19.2. The summed E-state index contributed by atoms with van der Waals surface area (Å²) in [6.45, 7) is 8.24. The number of aryl methyl sites for hydroxylation is 1. The number of Topliss-reactive ketones (excluding diaryl/α,β-unsaturated/α-hetero) is 1. The monoisotopic (exact) mass is 431 g/mol. The predicted octanol–water partition coefficient (Wildman–Crippen LogP) is 6.13. The van der Waals surface area contributed by atoms with Gasteiger partial charge in [0.25, 0.3) is 0 Å². The van der Waals surface area contributed by atoms with E-state index in [9.17, 15) is 4.79 Å². The molecule has 2 aromatic carbocycles. The number of nitrogens with zero attached hydrogens (tertiary/aromatic N) is 2. The van der Waals surface area contributed by atoms with Crippen LogP contribution >= 0.6 is 0 Å². The van der Waals surface area contributed by atoms with Crippen LogP contribution in [0.25, 0.3) is 10.9 Å². The van der Waals surface area contributed by atoms with Gasteiger partial charge in [0, 0.05) is 30.2 Å². The molecular weight excluding hydrogens is 398 g/mol. The Kier molecular flexibility index (Phi) is 7.38. The largest absolute Gasteiger partial charge is 0.491 e. The van der Waals surface area contributed by atoms with Crippen molar-refractivity contribution in [3.63, 3.8) is 0 Å². The smallest absolute Gasteiger partial charge is 0.166 e. The summed E-state index contributed by atoms with van der Waals surface area (Å²) in [7, 11) is 0. The van der Waals surface area contributed by atoms with Crippen LogP contribution in [-0.2, 0) is 0 Å². The number of para-hydroxylation sites is 2. The summed E-state index contributed by atoms with van der Waals surface area (Å²) in [5, 5.41) is 4.44. The van der Waals surface area contributed by atoms with E-state index < -0.39 is 0 Å². The second kappa shape index (κ2) is 10.6. The molecule has 0 spiro atoms. The highest BCUT2D eigenvalue weighted by atomic mass is 16.5. The molecule has 4 rings (SSSR count). The van der Waals surface area contributed by atoms with Crippen LogP contribution in [0.1, 0.15) is 54.9 Å². The highest BCUT2D eigenvalue weighted by Gasteiger charge is 2.18. The number of rotatable bonds is 10. The molecule has 1 aromatic heterocycles. The molecule has 1 aliphatic heterocycles. The van der Waals surface area contributed by atoms with Crippen LogP contribution in [0.3, 0.4) is 0 Å². The molecule has 5 nitrogen and oxygen atoms in total. The van der Waals surface area contributed by atoms with E-state index in [0.717, 1.165) is 53.0 Å². The Morgan fingerprint density at radius 3 is 2.72 bits per heavy atom. The van der Waals surface area contributed by atoms with Gasteiger partial charge in [-0.2, -0.15) is 0 Å². The molecule has 0 unspecified atom stereocenters. The van der Waals surface area contributed by atoms with Crippen LogP contribution in [0.4, 0.5) is 11.4 Å². The molecule has 0 aliphatic carbocycles. The molecule has 0 amide bonds. The second-order valence-corrected chi connectivity index (χ2v) is 8.56. The Hall–Kier alpha value is -2.92. The SMILES string of the molecule is CCCC(=O)c1cnc2c(OCCCN3CCCC3)cccc2c1Nc1ccccc1C. The predicted molar refractivity (Wildman–Crippen MR) is 131 cm³/mol. The van der Waals surface area contributed by atoms with Gasteiger partial charge in [-0.15, -0.1) is 0 Å². The Balaban J connectivity index is 1.63. The summed E-state index contributed by atoms with van der Waals surface area (Å²) in [5.74, 6) is 0.876. The van der Waals surface area contributed by atoms with Gasteiger partial charge in [0.15, 0.2) is 5.78 Å². The molecule has 1 N–H and O–H groups in total. The zero-order chi connectivity index (χ0) is 22.3. The first-order valence-corrected chi connectivity index (χ1v) is 11.8. The van der Waals surface area contributed by atoms with Crippen molar-refractivity contribution in [1.82, 2.24) is 9.88 Å². The molecule has 0 bridgehead atoms. The number of benzene rings is 2. The van der Waals surface area contributed by atoms with Gasteiger partial charge in [0.1, 0.15) is 11.3 Å². The zero-order valence-corrected chi connectivity index (χ0v) is 19.2.